The van der Waals surface area contributed by atoms with E-state index >= 15 is 8.78 Å². The lowest BCUT2D eigenvalue weighted by molar-refractivity contribution is 0.0636. The summed E-state index contributed by atoms with van der Waals surface area (Å²) < 4.78 is 43.1. The van der Waals surface area contributed by atoms with Gasteiger partial charge in [-0.1, -0.05) is 0 Å². The van der Waals surface area contributed by atoms with Gasteiger partial charge in [-0.15, -0.1) is 11.3 Å². The van der Waals surface area contributed by atoms with Gasteiger partial charge in [-0.25, -0.2) is 23.5 Å². The molecule has 2 atom stereocenters. The molecule has 6 rings (SSSR count). The average molecular weight is 624 g/mol. The van der Waals surface area contributed by atoms with Crippen molar-refractivity contribution in [3.63, 3.8) is 0 Å². The first-order valence-electron chi connectivity index (χ1n) is 14.0. The summed E-state index contributed by atoms with van der Waals surface area (Å²) >= 11 is 0.842. The molecular formula is C30H31F2N7O4S. The van der Waals surface area contributed by atoms with E-state index in [-0.39, 0.29) is 75.3 Å². The fourth-order valence-corrected chi connectivity index (χ4v) is 6.86. The van der Waals surface area contributed by atoms with Crippen LogP contribution in [0.3, 0.4) is 0 Å². The number of hydrogen-bond acceptors (Lipinski definition) is 11. The van der Waals surface area contributed by atoms with Crippen LogP contribution in [-0.4, -0.2) is 76.0 Å². The first-order valence-corrected chi connectivity index (χ1v) is 14.9. The molecule has 4 aromatic rings. The summed E-state index contributed by atoms with van der Waals surface area (Å²) in [6.07, 6.45) is 2.42. The van der Waals surface area contributed by atoms with E-state index in [4.69, 9.17) is 9.47 Å². The minimum Gasteiger partial charge on any atom is -0.444 e. The summed E-state index contributed by atoms with van der Waals surface area (Å²) in [5.41, 5.74) is 0.421. The highest BCUT2D eigenvalue weighted by Crippen LogP contribution is 2.46. The third kappa shape index (κ3) is 5.09. The van der Waals surface area contributed by atoms with Crippen LogP contribution in [0.1, 0.15) is 43.9 Å². The molecule has 11 nitrogen and oxygen atoms in total. The number of thiophene rings is 1. The second-order valence-corrected chi connectivity index (χ2v) is 13.1. The number of rotatable bonds is 5. The van der Waals surface area contributed by atoms with Crippen LogP contribution in [0.2, 0.25) is 0 Å². The van der Waals surface area contributed by atoms with E-state index in [1.165, 1.54) is 0 Å². The largest absolute Gasteiger partial charge is 0.444 e. The third-order valence-corrected chi connectivity index (χ3v) is 9.02. The molecule has 230 valence electrons. The van der Waals surface area contributed by atoms with E-state index < -0.39 is 23.3 Å². The number of hydrogen-bond donors (Lipinski definition) is 2. The Bertz CT molecular complexity index is 1850. The number of aliphatic hydroxyl groups excluding tert-OH is 1. The fraction of sp³-hybridized carbons (Fsp3) is 0.433. The topological polar surface area (TPSA) is 137 Å². The molecule has 0 unspecified atom stereocenters. The predicted molar refractivity (Wildman–Crippen MR) is 161 cm³/mol. The second kappa shape index (κ2) is 11.2. The van der Waals surface area contributed by atoms with Crippen molar-refractivity contribution in [2.45, 2.75) is 58.1 Å². The van der Waals surface area contributed by atoms with Gasteiger partial charge in [-0.05, 0) is 52.4 Å². The monoisotopic (exact) mass is 623 g/mol. The van der Waals surface area contributed by atoms with Gasteiger partial charge >= 0.3 is 6.09 Å². The normalized spacial score (nSPS) is 18.3. The van der Waals surface area contributed by atoms with Gasteiger partial charge < -0.3 is 24.4 Å². The zero-order valence-corrected chi connectivity index (χ0v) is 25.7. The number of halogens is 2. The Kier molecular flexibility index (Phi) is 7.61. The van der Waals surface area contributed by atoms with Gasteiger partial charge in [0.2, 0.25) is 5.95 Å². The number of nitrogens with one attached hydrogen (secondary N) is 1. The summed E-state index contributed by atoms with van der Waals surface area (Å²) in [5, 5.41) is 23.4. The number of aromatic nitrogens is 3. The number of amides is 1. The Morgan fingerprint density at radius 2 is 2.02 bits per heavy atom. The van der Waals surface area contributed by atoms with Crippen LogP contribution >= 0.6 is 11.3 Å². The first-order chi connectivity index (χ1) is 20.9. The first kappa shape index (κ1) is 30.0. The zero-order valence-electron chi connectivity index (χ0n) is 24.9. The Hall–Kier alpha value is -4.03. The van der Waals surface area contributed by atoms with Crippen LogP contribution < -0.4 is 10.2 Å². The summed E-state index contributed by atoms with van der Waals surface area (Å²) in [7, 11) is 3.92. The van der Waals surface area contributed by atoms with Crippen molar-refractivity contribution in [2.75, 3.05) is 37.5 Å². The number of anilines is 2. The maximum Gasteiger partial charge on any atom is 0.412 e. The van der Waals surface area contributed by atoms with Crippen molar-refractivity contribution >= 4 is 49.4 Å². The summed E-state index contributed by atoms with van der Waals surface area (Å²) in [5.74, 6) is -1.16. The maximum atomic E-state index is 16.8. The minimum absolute atomic E-state index is 0.0272. The Morgan fingerprint density at radius 3 is 2.70 bits per heavy atom. The molecule has 5 heterocycles. The van der Waals surface area contributed by atoms with Crippen molar-refractivity contribution < 1.29 is 28.2 Å². The van der Waals surface area contributed by atoms with Gasteiger partial charge in [0.05, 0.1) is 48.0 Å². The third-order valence-electron chi connectivity index (χ3n) is 7.91. The molecule has 0 saturated carbocycles. The Morgan fingerprint density at radius 1 is 1.27 bits per heavy atom. The van der Waals surface area contributed by atoms with Gasteiger partial charge in [-0.2, -0.15) is 5.26 Å². The van der Waals surface area contributed by atoms with Crippen molar-refractivity contribution in [1.82, 2.24) is 19.9 Å². The van der Waals surface area contributed by atoms with Crippen LogP contribution in [0.5, 0.6) is 0 Å². The van der Waals surface area contributed by atoms with Gasteiger partial charge in [0, 0.05) is 35.1 Å². The van der Waals surface area contributed by atoms with Crippen LogP contribution in [0, 0.1) is 23.0 Å². The number of pyridine rings is 1. The molecule has 0 aliphatic carbocycles. The van der Waals surface area contributed by atoms with Crippen molar-refractivity contribution in [1.29, 1.82) is 5.26 Å². The quantitative estimate of drug-likeness (QED) is 0.315. The molecule has 1 saturated heterocycles. The predicted octanol–water partition coefficient (Wildman–Crippen LogP) is 4.93. The lowest BCUT2D eigenvalue weighted by Crippen LogP contribution is -2.35. The molecule has 2 aliphatic heterocycles. The Labute approximate surface area is 256 Å². The van der Waals surface area contributed by atoms with Gasteiger partial charge in [0.25, 0.3) is 0 Å². The molecule has 0 spiro atoms. The lowest BCUT2D eigenvalue weighted by atomic mass is 9.94. The molecule has 14 heteroatoms. The van der Waals surface area contributed by atoms with Gasteiger partial charge in [0.1, 0.15) is 22.2 Å². The summed E-state index contributed by atoms with van der Waals surface area (Å²) in [4.78, 5) is 30.0. The number of carbonyl (C=O) groups excluding carboxylic acids is 1. The second-order valence-electron chi connectivity index (χ2n) is 12.1. The smallest absolute Gasteiger partial charge is 0.412 e. The molecule has 1 aromatic carbocycles. The van der Waals surface area contributed by atoms with Crippen LogP contribution in [0.15, 0.2) is 12.4 Å². The van der Waals surface area contributed by atoms with E-state index in [2.05, 4.69) is 25.2 Å². The van der Waals surface area contributed by atoms with Gasteiger partial charge in [0.15, 0.2) is 11.6 Å². The number of fused-ring (bicyclic) bond motifs is 4. The summed E-state index contributed by atoms with van der Waals surface area (Å²) in [6.45, 7) is 5.77. The standard InChI is InChI=1S/C30H31F2N7O4S/c1-30(2,3)43-29(41)37-27-16(7-33)22-25(34-9-20(31)26(22)44-27)21-19-13-42-12-18(19)17-8-35-28(36-24(17)23(21)32)39-10-14(38(4)5)6-15(39)11-40/h8-9,14-15,40H,6,10-13H2,1-5H3,(H,37,41)/t14-,15-/m0/s1. The maximum absolute atomic E-state index is 16.8. The highest BCUT2D eigenvalue weighted by Gasteiger charge is 2.36. The van der Waals surface area contributed by atoms with Crippen molar-refractivity contribution in [3.8, 4) is 17.3 Å². The zero-order chi connectivity index (χ0) is 31.5. The molecular weight excluding hydrogens is 592 g/mol. The van der Waals surface area contributed by atoms with E-state index in [1.54, 1.807) is 27.0 Å². The summed E-state index contributed by atoms with van der Waals surface area (Å²) in [6, 6.07) is 1.96. The molecule has 3 aromatic heterocycles. The minimum atomic E-state index is -0.814. The molecule has 1 amide bonds. The van der Waals surface area contributed by atoms with Crippen LogP contribution in [-0.2, 0) is 22.7 Å². The Balaban J connectivity index is 1.54. The highest BCUT2D eigenvalue weighted by atomic mass is 32.1. The molecule has 0 radical (unpaired) electrons. The number of nitriles is 1. The fourth-order valence-electron chi connectivity index (χ4n) is 5.82. The van der Waals surface area contributed by atoms with E-state index in [0.717, 1.165) is 17.5 Å². The van der Waals surface area contributed by atoms with E-state index in [0.29, 0.717) is 29.5 Å². The lowest BCUT2D eigenvalue weighted by Gasteiger charge is -2.24. The van der Waals surface area contributed by atoms with Crippen LogP contribution in [0.4, 0.5) is 24.5 Å². The highest BCUT2D eigenvalue weighted by molar-refractivity contribution is 7.23. The van der Waals surface area contributed by atoms with Gasteiger partial charge in [-0.3, -0.25) is 10.3 Å². The van der Waals surface area contributed by atoms with E-state index in [9.17, 15) is 15.2 Å². The number of aliphatic hydroxyl groups is 1. The number of benzene rings is 1. The number of nitrogens with zero attached hydrogens (tertiary/aromatic N) is 6. The molecule has 2 N–H and O–H groups in total. The average Bonchev–Trinajstić information content (AvgIpc) is 3.70. The number of carbonyl (C=O) groups is 1. The van der Waals surface area contributed by atoms with Crippen molar-refractivity contribution in [3.05, 3.63) is 40.7 Å². The molecule has 44 heavy (non-hydrogen) atoms. The molecule has 0 bridgehead atoms. The molecule has 2 aliphatic rings. The number of ether oxygens (including phenoxy) is 2. The molecule has 1 fully saturated rings. The van der Waals surface area contributed by atoms with E-state index in [1.807, 2.05) is 25.1 Å². The van der Waals surface area contributed by atoms with Crippen molar-refractivity contribution in [2.24, 2.45) is 0 Å². The number of likely N-dealkylation sites (N-methyl/N-ethyl adjacent to an activating group) is 1. The van der Waals surface area contributed by atoms with Crippen LogP contribution in [0.25, 0.3) is 32.2 Å². The SMILES string of the molecule is CN(C)[C@H]1C[C@@H](CO)N(c2ncc3c4c(c(-c5ncc(F)c6sc(NC(=O)OC(C)(C)C)c(C#N)c56)c(F)c3n2)COC4)C1.